The molecule has 2 aromatic carbocycles. The third kappa shape index (κ3) is 2.16. The minimum Gasteiger partial charge on any atom is -0.274 e. The summed E-state index contributed by atoms with van der Waals surface area (Å²) in [7, 11) is 0. The van der Waals surface area contributed by atoms with Crippen molar-refractivity contribution in [1.82, 2.24) is 0 Å². The summed E-state index contributed by atoms with van der Waals surface area (Å²) in [6.45, 7) is 2.05. The van der Waals surface area contributed by atoms with Crippen molar-refractivity contribution >= 4 is 23.1 Å². The molecule has 0 unspecified atom stereocenters. The Balaban J connectivity index is 1.54. The molecule has 5 rings (SSSR count). The van der Waals surface area contributed by atoms with Crippen molar-refractivity contribution in [2.45, 2.75) is 6.92 Å². The molecule has 2 aliphatic carbocycles. The lowest BCUT2D eigenvalue weighted by atomic mass is 9.85. The summed E-state index contributed by atoms with van der Waals surface area (Å²) >= 11 is 0. The Hall–Kier alpha value is -3.45. The number of amides is 2. The Morgan fingerprint density at radius 3 is 2.00 bits per heavy atom. The second-order valence-corrected chi connectivity index (χ2v) is 7.60. The first-order chi connectivity index (χ1) is 13.6. The van der Waals surface area contributed by atoms with E-state index in [0.29, 0.717) is 11.3 Å². The molecular weight excluding hydrogens is 348 g/mol. The number of nitriles is 1. The standard InChI is InChI=1S/C24H18N2O2/c1-14(16-9-7-15(13-25)8-10-16)20-18-11-12-19(20)22-21(18)23(27)26(24(22)28)17-5-3-2-4-6-17/h2-12,18-19,21-22H,1H3/t18-,19+,21+,22-. The summed E-state index contributed by atoms with van der Waals surface area (Å²) in [5, 5.41) is 9.01. The molecule has 1 heterocycles. The lowest BCUT2D eigenvalue weighted by molar-refractivity contribution is -0.122. The number of anilines is 1. The van der Waals surface area contributed by atoms with Crippen molar-refractivity contribution in [3.8, 4) is 6.07 Å². The van der Waals surface area contributed by atoms with Gasteiger partial charge in [0.05, 0.1) is 29.2 Å². The first-order valence-electron chi connectivity index (χ1n) is 9.44. The number of rotatable bonds is 2. The number of hydrogen-bond donors (Lipinski definition) is 0. The molecule has 3 aliphatic rings. The molecule has 2 aromatic rings. The van der Waals surface area contributed by atoms with Crippen molar-refractivity contribution < 1.29 is 9.59 Å². The van der Waals surface area contributed by atoms with Gasteiger partial charge < -0.3 is 0 Å². The van der Waals surface area contributed by atoms with Crippen molar-refractivity contribution in [1.29, 1.82) is 5.26 Å². The predicted octanol–water partition coefficient (Wildman–Crippen LogP) is 3.95. The van der Waals surface area contributed by atoms with Crippen LogP contribution in [-0.2, 0) is 9.59 Å². The average Bonchev–Trinajstić information content (AvgIpc) is 3.37. The largest absolute Gasteiger partial charge is 0.274 e. The molecule has 4 heteroatoms. The van der Waals surface area contributed by atoms with Crippen LogP contribution in [0.1, 0.15) is 18.1 Å². The summed E-state index contributed by atoms with van der Waals surface area (Å²) in [6.07, 6.45) is 4.18. The van der Waals surface area contributed by atoms with Gasteiger partial charge in [0.1, 0.15) is 0 Å². The minimum absolute atomic E-state index is 0.0317. The van der Waals surface area contributed by atoms with E-state index in [0.717, 1.165) is 11.1 Å². The number of para-hydroxylation sites is 1. The molecule has 136 valence electrons. The summed E-state index contributed by atoms with van der Waals surface area (Å²) in [5.74, 6) is -0.880. The minimum atomic E-state index is -0.314. The zero-order valence-electron chi connectivity index (χ0n) is 15.4. The van der Waals surface area contributed by atoms with E-state index in [-0.39, 0.29) is 35.5 Å². The number of benzene rings is 2. The number of allylic oxidation sites excluding steroid dienone is 4. The van der Waals surface area contributed by atoms with E-state index < -0.39 is 0 Å². The fourth-order valence-electron chi connectivity index (χ4n) is 5.06. The lowest BCUT2D eigenvalue weighted by Crippen LogP contribution is -2.33. The lowest BCUT2D eigenvalue weighted by Gasteiger charge is -2.20. The first kappa shape index (κ1) is 16.7. The number of carbonyl (C=O) groups is 2. The van der Waals surface area contributed by atoms with E-state index in [1.54, 1.807) is 12.1 Å². The van der Waals surface area contributed by atoms with Crippen LogP contribution in [0.25, 0.3) is 5.57 Å². The van der Waals surface area contributed by atoms with Gasteiger partial charge >= 0.3 is 0 Å². The second-order valence-electron chi connectivity index (χ2n) is 7.60. The number of fused-ring (bicyclic) bond motifs is 5. The van der Waals surface area contributed by atoms with Crippen LogP contribution in [-0.4, -0.2) is 11.8 Å². The van der Waals surface area contributed by atoms with Crippen LogP contribution in [0.15, 0.2) is 72.3 Å². The molecule has 1 saturated heterocycles. The van der Waals surface area contributed by atoms with Crippen LogP contribution in [0.2, 0.25) is 0 Å². The highest BCUT2D eigenvalue weighted by molar-refractivity contribution is 6.23. The van der Waals surface area contributed by atoms with Gasteiger partial charge in [-0.2, -0.15) is 5.26 Å². The molecule has 0 N–H and O–H groups in total. The fraction of sp³-hybridized carbons (Fsp3) is 0.208. The van der Waals surface area contributed by atoms with Gasteiger partial charge in [0.15, 0.2) is 0 Å². The van der Waals surface area contributed by atoms with Gasteiger partial charge in [0.2, 0.25) is 11.8 Å². The molecule has 2 bridgehead atoms. The van der Waals surface area contributed by atoms with Crippen LogP contribution in [0.5, 0.6) is 0 Å². The number of hydrogen-bond acceptors (Lipinski definition) is 3. The van der Waals surface area contributed by atoms with Gasteiger partial charge in [-0.25, -0.2) is 4.90 Å². The average molecular weight is 366 g/mol. The van der Waals surface area contributed by atoms with E-state index in [9.17, 15) is 9.59 Å². The Morgan fingerprint density at radius 1 is 0.893 bits per heavy atom. The Bertz CT molecular complexity index is 1060. The maximum atomic E-state index is 13.2. The molecule has 4 atom stereocenters. The van der Waals surface area contributed by atoms with E-state index in [2.05, 4.69) is 25.1 Å². The van der Waals surface area contributed by atoms with Gasteiger partial charge in [0.25, 0.3) is 0 Å². The molecule has 0 radical (unpaired) electrons. The summed E-state index contributed by atoms with van der Waals surface area (Å²) in [4.78, 5) is 27.7. The monoisotopic (exact) mass is 366 g/mol. The predicted molar refractivity (Wildman–Crippen MR) is 106 cm³/mol. The SMILES string of the molecule is CC(=C1[C@H]2C=C[C@@H]1[C@H]1C(=O)N(c3ccccc3)C(=O)[C@H]12)c1ccc(C#N)cc1. The third-order valence-electron chi connectivity index (χ3n) is 6.31. The van der Waals surface area contributed by atoms with E-state index in [1.807, 2.05) is 42.5 Å². The summed E-state index contributed by atoms with van der Waals surface area (Å²) in [5.41, 5.74) is 4.59. The highest BCUT2D eigenvalue weighted by atomic mass is 16.2. The van der Waals surface area contributed by atoms with Crippen molar-refractivity contribution in [2.75, 3.05) is 4.90 Å². The van der Waals surface area contributed by atoms with Crippen molar-refractivity contribution in [2.24, 2.45) is 23.7 Å². The Labute approximate surface area is 163 Å². The molecule has 4 nitrogen and oxygen atoms in total. The number of nitrogens with zero attached hydrogens (tertiary/aromatic N) is 2. The van der Waals surface area contributed by atoms with Gasteiger partial charge in [-0.1, -0.05) is 48.1 Å². The van der Waals surface area contributed by atoms with E-state index in [1.165, 1.54) is 10.5 Å². The molecule has 2 fully saturated rings. The molecule has 1 saturated carbocycles. The van der Waals surface area contributed by atoms with Gasteiger partial charge in [0, 0.05) is 11.8 Å². The molecule has 0 aromatic heterocycles. The van der Waals surface area contributed by atoms with Crippen LogP contribution in [0.3, 0.4) is 0 Å². The van der Waals surface area contributed by atoms with Crippen LogP contribution >= 0.6 is 0 Å². The maximum Gasteiger partial charge on any atom is 0.238 e. The topological polar surface area (TPSA) is 61.2 Å². The summed E-state index contributed by atoms with van der Waals surface area (Å²) < 4.78 is 0. The quantitative estimate of drug-likeness (QED) is 0.597. The molecule has 1 aliphatic heterocycles. The second kappa shape index (κ2) is 6.03. The molecule has 2 amide bonds. The third-order valence-corrected chi connectivity index (χ3v) is 6.31. The Morgan fingerprint density at radius 2 is 1.46 bits per heavy atom. The number of carbonyl (C=O) groups excluding carboxylic acids is 2. The fourth-order valence-corrected chi connectivity index (χ4v) is 5.06. The first-order valence-corrected chi connectivity index (χ1v) is 9.44. The van der Waals surface area contributed by atoms with Crippen LogP contribution < -0.4 is 4.90 Å². The maximum absolute atomic E-state index is 13.2. The zero-order chi connectivity index (χ0) is 19.4. The van der Waals surface area contributed by atoms with Gasteiger partial charge in [-0.05, 0) is 42.3 Å². The molecular formula is C24H18N2O2. The van der Waals surface area contributed by atoms with E-state index >= 15 is 0 Å². The highest BCUT2D eigenvalue weighted by Crippen LogP contribution is 2.58. The zero-order valence-corrected chi connectivity index (χ0v) is 15.4. The highest BCUT2D eigenvalue weighted by Gasteiger charge is 2.62. The van der Waals surface area contributed by atoms with E-state index in [4.69, 9.17) is 5.26 Å². The molecule has 0 spiro atoms. The summed E-state index contributed by atoms with van der Waals surface area (Å²) in [6, 6.07) is 18.8. The van der Waals surface area contributed by atoms with Crippen LogP contribution in [0, 0.1) is 35.0 Å². The Kier molecular flexibility index (Phi) is 3.60. The van der Waals surface area contributed by atoms with Crippen molar-refractivity contribution in [3.05, 3.63) is 83.4 Å². The normalized spacial score (nSPS) is 29.2. The molecule has 28 heavy (non-hydrogen) atoms. The van der Waals surface area contributed by atoms with Gasteiger partial charge in [-0.3, -0.25) is 9.59 Å². The van der Waals surface area contributed by atoms with Crippen LogP contribution in [0.4, 0.5) is 5.69 Å². The van der Waals surface area contributed by atoms with Crippen molar-refractivity contribution in [3.63, 3.8) is 0 Å². The smallest absolute Gasteiger partial charge is 0.238 e. The van der Waals surface area contributed by atoms with Gasteiger partial charge in [-0.15, -0.1) is 0 Å². The number of imide groups is 1.